The van der Waals surface area contributed by atoms with Crippen molar-refractivity contribution in [3.63, 3.8) is 0 Å². The molecule has 0 saturated carbocycles. The van der Waals surface area contributed by atoms with Crippen LogP contribution < -0.4 is 10.6 Å². The van der Waals surface area contributed by atoms with Gasteiger partial charge in [0.05, 0.1) is 0 Å². The summed E-state index contributed by atoms with van der Waals surface area (Å²) in [5.41, 5.74) is 0.417. The zero-order valence-electron chi connectivity index (χ0n) is 14.5. The molecule has 0 aliphatic carbocycles. The molecule has 132 valence electrons. The third-order valence-corrected chi connectivity index (χ3v) is 4.29. The van der Waals surface area contributed by atoms with Crippen LogP contribution in [0.15, 0.2) is 29.3 Å². The van der Waals surface area contributed by atoms with Crippen molar-refractivity contribution in [2.75, 3.05) is 32.1 Å². The third kappa shape index (κ3) is 8.24. The third-order valence-electron chi connectivity index (χ3n) is 3.59. The molecule has 0 aliphatic rings. The molecule has 0 heterocycles. The first kappa shape index (κ1) is 22.5. The summed E-state index contributed by atoms with van der Waals surface area (Å²) in [4.78, 5) is 4.22. The molecule has 0 bridgehead atoms. The van der Waals surface area contributed by atoms with Crippen LogP contribution in [0.3, 0.4) is 0 Å². The zero-order valence-corrected chi connectivity index (χ0v) is 17.6. The van der Waals surface area contributed by atoms with Gasteiger partial charge in [-0.25, -0.2) is 4.39 Å². The second kappa shape index (κ2) is 11.9. The Morgan fingerprint density at radius 1 is 1.22 bits per heavy atom. The van der Waals surface area contributed by atoms with Gasteiger partial charge in [-0.2, -0.15) is 11.8 Å². The Bertz CT molecular complexity index is 481. The summed E-state index contributed by atoms with van der Waals surface area (Å²) in [6.45, 7) is 5.59. The molecule has 6 heteroatoms. The van der Waals surface area contributed by atoms with Gasteiger partial charge in [0.25, 0.3) is 0 Å². The average Bonchev–Trinajstić information content (AvgIpc) is 2.50. The maximum atomic E-state index is 13.9. The minimum Gasteiger partial charge on any atom is -0.356 e. The van der Waals surface area contributed by atoms with E-state index in [2.05, 4.69) is 21.9 Å². The van der Waals surface area contributed by atoms with Crippen LogP contribution in [0.4, 0.5) is 4.39 Å². The van der Waals surface area contributed by atoms with Crippen LogP contribution in [0.5, 0.6) is 0 Å². The molecule has 3 nitrogen and oxygen atoms in total. The highest BCUT2D eigenvalue weighted by Crippen LogP contribution is 2.24. The Kier molecular flexibility index (Phi) is 11.7. The molecule has 0 spiro atoms. The van der Waals surface area contributed by atoms with Crippen LogP contribution in [-0.4, -0.2) is 38.1 Å². The van der Waals surface area contributed by atoms with Gasteiger partial charge < -0.3 is 10.6 Å². The quantitative estimate of drug-likeness (QED) is 0.270. The van der Waals surface area contributed by atoms with Crippen molar-refractivity contribution < 1.29 is 4.39 Å². The molecule has 23 heavy (non-hydrogen) atoms. The minimum absolute atomic E-state index is 0. The van der Waals surface area contributed by atoms with Crippen molar-refractivity contribution >= 4 is 41.7 Å². The lowest BCUT2D eigenvalue weighted by atomic mass is 9.84. The van der Waals surface area contributed by atoms with Crippen molar-refractivity contribution in [1.82, 2.24) is 10.6 Å². The van der Waals surface area contributed by atoms with Gasteiger partial charge >= 0.3 is 0 Å². The number of guanidine groups is 1. The van der Waals surface area contributed by atoms with E-state index in [4.69, 9.17) is 0 Å². The second-order valence-corrected chi connectivity index (χ2v) is 6.90. The molecule has 2 N–H and O–H groups in total. The lowest BCUT2D eigenvalue weighted by Crippen LogP contribution is -2.44. The number of hydrogen-bond donors (Lipinski definition) is 2. The van der Waals surface area contributed by atoms with Gasteiger partial charge in [-0.3, -0.25) is 4.99 Å². The standard InChI is InChI=1S/C17H28FN3S.HI/c1-17(2,14-9-5-6-10-15(14)18)13-21-16(19-3)20-11-7-8-12-22-4;/h5-6,9-10H,7-8,11-13H2,1-4H3,(H2,19,20,21);1H. The number of unbranched alkanes of at least 4 members (excludes halogenated alkanes) is 1. The van der Waals surface area contributed by atoms with Gasteiger partial charge in [0.1, 0.15) is 5.82 Å². The number of nitrogens with zero attached hydrogens (tertiary/aromatic N) is 1. The highest BCUT2D eigenvalue weighted by Gasteiger charge is 2.24. The SMILES string of the molecule is CN=C(NCCCCSC)NCC(C)(C)c1ccccc1F.I. The number of hydrogen-bond acceptors (Lipinski definition) is 2. The maximum absolute atomic E-state index is 13.9. The molecular weight excluding hydrogens is 424 g/mol. The summed E-state index contributed by atoms with van der Waals surface area (Å²) >= 11 is 1.87. The number of aliphatic imine (C=N–C) groups is 1. The summed E-state index contributed by atoms with van der Waals surface area (Å²) in [7, 11) is 1.76. The Labute approximate surface area is 161 Å². The van der Waals surface area contributed by atoms with E-state index in [1.54, 1.807) is 13.1 Å². The molecule has 1 rings (SSSR count). The summed E-state index contributed by atoms with van der Waals surface area (Å²) in [5.74, 6) is 1.80. The van der Waals surface area contributed by atoms with Crippen molar-refractivity contribution in [2.24, 2.45) is 4.99 Å². The van der Waals surface area contributed by atoms with Crippen LogP contribution >= 0.6 is 35.7 Å². The highest BCUT2D eigenvalue weighted by atomic mass is 127. The fourth-order valence-electron chi connectivity index (χ4n) is 2.21. The van der Waals surface area contributed by atoms with Gasteiger partial charge in [-0.1, -0.05) is 32.0 Å². The monoisotopic (exact) mass is 453 g/mol. The smallest absolute Gasteiger partial charge is 0.191 e. The van der Waals surface area contributed by atoms with E-state index in [-0.39, 0.29) is 35.2 Å². The first-order valence-electron chi connectivity index (χ1n) is 7.69. The van der Waals surface area contributed by atoms with Gasteiger partial charge in [0.15, 0.2) is 5.96 Å². The molecule has 1 aromatic carbocycles. The van der Waals surface area contributed by atoms with E-state index in [0.717, 1.165) is 24.5 Å². The molecule has 0 aliphatic heterocycles. The summed E-state index contributed by atoms with van der Waals surface area (Å²) < 4.78 is 13.9. The number of rotatable bonds is 8. The lowest BCUT2D eigenvalue weighted by molar-refractivity contribution is 0.473. The molecule has 0 atom stereocenters. The Morgan fingerprint density at radius 3 is 2.52 bits per heavy atom. The Morgan fingerprint density at radius 2 is 1.91 bits per heavy atom. The first-order valence-corrected chi connectivity index (χ1v) is 9.09. The highest BCUT2D eigenvalue weighted by molar-refractivity contribution is 14.0. The lowest BCUT2D eigenvalue weighted by Gasteiger charge is -2.27. The zero-order chi connectivity index (χ0) is 16.4. The molecule has 0 unspecified atom stereocenters. The number of thioether (sulfide) groups is 1. The van der Waals surface area contributed by atoms with Crippen molar-refractivity contribution in [3.8, 4) is 0 Å². The number of halogens is 2. The van der Waals surface area contributed by atoms with Crippen LogP contribution in [0.25, 0.3) is 0 Å². The van der Waals surface area contributed by atoms with Gasteiger partial charge in [0, 0.05) is 25.6 Å². The van der Waals surface area contributed by atoms with E-state index in [1.807, 2.05) is 37.7 Å². The fourth-order valence-corrected chi connectivity index (χ4v) is 2.70. The van der Waals surface area contributed by atoms with Crippen LogP contribution in [0.1, 0.15) is 32.3 Å². The fraction of sp³-hybridized carbons (Fsp3) is 0.588. The molecular formula is C17H29FIN3S. The predicted molar refractivity (Wildman–Crippen MR) is 112 cm³/mol. The number of nitrogens with one attached hydrogen (secondary N) is 2. The van der Waals surface area contributed by atoms with Crippen molar-refractivity contribution in [2.45, 2.75) is 32.1 Å². The number of benzene rings is 1. The van der Waals surface area contributed by atoms with Crippen molar-refractivity contribution in [1.29, 1.82) is 0 Å². The molecule has 0 fully saturated rings. The van der Waals surface area contributed by atoms with E-state index >= 15 is 0 Å². The van der Waals surface area contributed by atoms with Gasteiger partial charge in [-0.05, 0) is 36.5 Å². The van der Waals surface area contributed by atoms with Crippen molar-refractivity contribution in [3.05, 3.63) is 35.6 Å². The Hall–Kier alpha value is -0.500. The molecule has 0 saturated heterocycles. The molecule has 0 radical (unpaired) electrons. The van der Waals surface area contributed by atoms with Gasteiger partial charge in [-0.15, -0.1) is 24.0 Å². The average molecular weight is 453 g/mol. The van der Waals surface area contributed by atoms with E-state index in [0.29, 0.717) is 6.54 Å². The molecule has 0 amide bonds. The first-order chi connectivity index (χ1) is 10.5. The summed E-state index contributed by atoms with van der Waals surface area (Å²) in [6, 6.07) is 6.95. The normalized spacial score (nSPS) is 11.8. The predicted octanol–water partition coefficient (Wildman–Crippen LogP) is 4.03. The van der Waals surface area contributed by atoms with Crippen LogP contribution in [0.2, 0.25) is 0 Å². The Balaban J connectivity index is 0.00000484. The largest absolute Gasteiger partial charge is 0.356 e. The second-order valence-electron chi connectivity index (χ2n) is 5.92. The topological polar surface area (TPSA) is 36.4 Å². The maximum Gasteiger partial charge on any atom is 0.191 e. The minimum atomic E-state index is -0.304. The van der Waals surface area contributed by atoms with E-state index in [1.165, 1.54) is 18.2 Å². The van der Waals surface area contributed by atoms with Crippen LogP contribution in [-0.2, 0) is 5.41 Å². The van der Waals surface area contributed by atoms with Crippen LogP contribution in [0, 0.1) is 5.82 Å². The van der Waals surface area contributed by atoms with E-state index in [9.17, 15) is 4.39 Å². The summed E-state index contributed by atoms with van der Waals surface area (Å²) in [5, 5.41) is 6.60. The van der Waals surface area contributed by atoms with Gasteiger partial charge in [0.2, 0.25) is 0 Å². The molecule has 0 aromatic heterocycles. The van der Waals surface area contributed by atoms with E-state index < -0.39 is 0 Å². The molecule has 1 aromatic rings. The summed E-state index contributed by atoms with van der Waals surface area (Å²) in [6.07, 6.45) is 4.45.